The summed E-state index contributed by atoms with van der Waals surface area (Å²) in [6, 6.07) is 4.13. The first kappa shape index (κ1) is 13.2. The van der Waals surface area contributed by atoms with Gasteiger partial charge >= 0.3 is 0 Å². The van der Waals surface area contributed by atoms with Crippen LogP contribution in [-0.2, 0) is 13.0 Å². The average molecular weight is 313 g/mol. The molecule has 0 radical (unpaired) electrons. The van der Waals surface area contributed by atoms with Crippen molar-refractivity contribution < 1.29 is 4.74 Å². The number of ether oxygens (including phenoxy) is 1. The summed E-state index contributed by atoms with van der Waals surface area (Å²) in [6.45, 7) is 4.05. The van der Waals surface area contributed by atoms with E-state index in [0.29, 0.717) is 12.5 Å². The van der Waals surface area contributed by atoms with Gasteiger partial charge in [0.2, 0.25) is 5.96 Å². The lowest BCUT2D eigenvalue weighted by Gasteiger charge is -2.09. The molecule has 0 saturated carbocycles. The lowest BCUT2D eigenvalue weighted by atomic mass is 10.1. The maximum atomic E-state index is 5.65. The van der Waals surface area contributed by atoms with E-state index in [-0.39, 0.29) is 0 Å². The molecule has 0 fully saturated rings. The van der Waals surface area contributed by atoms with Crippen LogP contribution in [0.1, 0.15) is 18.1 Å². The van der Waals surface area contributed by atoms with E-state index in [1.807, 2.05) is 13.0 Å². The lowest BCUT2D eigenvalue weighted by molar-refractivity contribution is 0.353. The molecule has 0 unspecified atom stereocenters. The molecule has 0 spiro atoms. The smallest absolute Gasteiger partial charge is 0.206 e. The number of hydrogen-bond acceptors (Lipinski definition) is 3. The van der Waals surface area contributed by atoms with Crippen molar-refractivity contribution in [1.82, 2.24) is 10.7 Å². The number of nitrogens with zero attached hydrogens (tertiary/aromatic N) is 1. The number of rotatable bonds is 3. The summed E-state index contributed by atoms with van der Waals surface area (Å²) in [5, 5.41) is 3.05. The normalized spacial score (nSPS) is 14.1. The Balaban J connectivity index is 2.19. The Morgan fingerprint density at radius 1 is 1.56 bits per heavy atom. The molecule has 0 amide bonds. The quantitative estimate of drug-likeness (QED) is 0.341. The fraction of sp³-hybridized carbons (Fsp3) is 0.417. The van der Waals surface area contributed by atoms with Crippen molar-refractivity contribution in [3.05, 3.63) is 27.7 Å². The maximum Gasteiger partial charge on any atom is 0.206 e. The number of nitrogens with one attached hydrogen (secondary N) is 2. The predicted octanol–water partition coefficient (Wildman–Crippen LogP) is 1.31. The Kier molecular flexibility index (Phi) is 4.43. The molecule has 2 rings (SSSR count). The van der Waals surface area contributed by atoms with Crippen LogP contribution in [0.3, 0.4) is 0 Å². The van der Waals surface area contributed by atoms with Gasteiger partial charge in [0, 0.05) is 23.0 Å². The molecule has 0 aromatic heterocycles. The largest absolute Gasteiger partial charge is 0.493 e. The Bertz CT molecular complexity index is 462. The summed E-state index contributed by atoms with van der Waals surface area (Å²) in [5.41, 5.74) is 4.85. The van der Waals surface area contributed by atoms with Gasteiger partial charge in [0.25, 0.3) is 0 Å². The molecule has 18 heavy (non-hydrogen) atoms. The number of hydrogen-bond donors (Lipinski definition) is 3. The second-order valence-electron chi connectivity index (χ2n) is 3.99. The van der Waals surface area contributed by atoms with Gasteiger partial charge in [-0.25, -0.2) is 10.8 Å². The maximum absolute atomic E-state index is 5.65. The van der Waals surface area contributed by atoms with Crippen molar-refractivity contribution in [2.24, 2.45) is 10.8 Å². The fourth-order valence-corrected chi connectivity index (χ4v) is 2.50. The number of guanidine groups is 1. The molecular formula is C12H17BrN4O. The van der Waals surface area contributed by atoms with Crippen LogP contribution in [0.5, 0.6) is 5.75 Å². The molecule has 1 heterocycles. The zero-order valence-electron chi connectivity index (χ0n) is 10.3. The van der Waals surface area contributed by atoms with Gasteiger partial charge < -0.3 is 10.1 Å². The summed E-state index contributed by atoms with van der Waals surface area (Å²) in [5.74, 6) is 6.94. The molecule has 0 bridgehead atoms. The molecule has 1 aromatic carbocycles. The topological polar surface area (TPSA) is 71.7 Å². The van der Waals surface area contributed by atoms with Gasteiger partial charge in [-0.1, -0.05) is 15.9 Å². The number of benzene rings is 1. The van der Waals surface area contributed by atoms with Crippen LogP contribution in [-0.4, -0.2) is 19.1 Å². The molecule has 0 saturated heterocycles. The Hall–Kier alpha value is -1.27. The van der Waals surface area contributed by atoms with Crippen molar-refractivity contribution in [1.29, 1.82) is 0 Å². The number of halogens is 1. The first-order valence-corrected chi connectivity index (χ1v) is 6.73. The van der Waals surface area contributed by atoms with Crippen LogP contribution in [0.15, 0.2) is 21.6 Å². The lowest BCUT2D eigenvalue weighted by Crippen LogP contribution is -2.41. The summed E-state index contributed by atoms with van der Waals surface area (Å²) in [6.07, 6.45) is 0.959. The summed E-state index contributed by atoms with van der Waals surface area (Å²) >= 11 is 3.51. The third-order valence-corrected chi connectivity index (χ3v) is 3.17. The molecule has 0 aliphatic carbocycles. The van der Waals surface area contributed by atoms with E-state index in [1.54, 1.807) is 0 Å². The molecule has 1 aromatic rings. The molecule has 0 atom stereocenters. The number of hydrazine groups is 1. The predicted molar refractivity (Wildman–Crippen MR) is 75.5 cm³/mol. The van der Waals surface area contributed by atoms with Crippen molar-refractivity contribution in [2.45, 2.75) is 19.9 Å². The van der Waals surface area contributed by atoms with Crippen LogP contribution < -0.4 is 21.3 Å². The van der Waals surface area contributed by atoms with Gasteiger partial charge in [-0.3, -0.25) is 5.43 Å². The van der Waals surface area contributed by atoms with E-state index < -0.39 is 0 Å². The second kappa shape index (κ2) is 6.06. The zero-order chi connectivity index (χ0) is 13.0. The van der Waals surface area contributed by atoms with Gasteiger partial charge in [0.05, 0.1) is 13.2 Å². The second-order valence-corrected chi connectivity index (χ2v) is 4.91. The fourth-order valence-electron chi connectivity index (χ4n) is 1.95. The highest BCUT2D eigenvalue weighted by molar-refractivity contribution is 9.10. The summed E-state index contributed by atoms with van der Waals surface area (Å²) in [4.78, 5) is 4.39. The van der Waals surface area contributed by atoms with Crippen LogP contribution in [0.2, 0.25) is 0 Å². The third-order valence-electron chi connectivity index (χ3n) is 2.71. The van der Waals surface area contributed by atoms with Gasteiger partial charge in [-0.15, -0.1) is 0 Å². The first-order valence-electron chi connectivity index (χ1n) is 5.93. The Labute approximate surface area is 115 Å². The van der Waals surface area contributed by atoms with Gasteiger partial charge in [-0.05, 0) is 24.6 Å². The highest BCUT2D eigenvalue weighted by atomic mass is 79.9. The molecule has 6 heteroatoms. The van der Waals surface area contributed by atoms with Crippen LogP contribution >= 0.6 is 15.9 Å². The Morgan fingerprint density at radius 2 is 2.39 bits per heavy atom. The summed E-state index contributed by atoms with van der Waals surface area (Å²) < 4.78 is 6.71. The van der Waals surface area contributed by atoms with E-state index in [2.05, 4.69) is 37.7 Å². The monoisotopic (exact) mass is 312 g/mol. The SMILES string of the molecule is CCNC(=NCc1cc(Br)cc2c1OCC2)NN. The minimum Gasteiger partial charge on any atom is -0.493 e. The number of fused-ring (bicyclic) bond motifs is 1. The van der Waals surface area contributed by atoms with Gasteiger partial charge in [0.15, 0.2) is 0 Å². The Morgan fingerprint density at radius 3 is 3.11 bits per heavy atom. The summed E-state index contributed by atoms with van der Waals surface area (Å²) in [7, 11) is 0. The van der Waals surface area contributed by atoms with Crippen molar-refractivity contribution >= 4 is 21.9 Å². The first-order chi connectivity index (χ1) is 8.74. The molecule has 4 N–H and O–H groups in total. The standard InChI is InChI=1S/C12H17BrN4O/c1-2-15-12(17-14)16-7-9-6-10(13)5-8-3-4-18-11(8)9/h5-6H,2-4,7,14H2,1H3,(H2,15,16,17). The molecule has 5 nitrogen and oxygen atoms in total. The molecule has 1 aliphatic rings. The van der Waals surface area contributed by atoms with Crippen molar-refractivity contribution in [3.63, 3.8) is 0 Å². The number of nitrogens with two attached hydrogens (primary N) is 1. The van der Waals surface area contributed by atoms with E-state index >= 15 is 0 Å². The van der Waals surface area contributed by atoms with Crippen LogP contribution in [0.25, 0.3) is 0 Å². The molecular weight excluding hydrogens is 296 g/mol. The highest BCUT2D eigenvalue weighted by Crippen LogP contribution is 2.33. The van der Waals surface area contributed by atoms with E-state index in [0.717, 1.165) is 35.4 Å². The van der Waals surface area contributed by atoms with Crippen LogP contribution in [0, 0.1) is 0 Å². The van der Waals surface area contributed by atoms with Crippen LogP contribution in [0.4, 0.5) is 0 Å². The minimum atomic E-state index is 0.536. The van der Waals surface area contributed by atoms with E-state index in [9.17, 15) is 0 Å². The minimum absolute atomic E-state index is 0.536. The van der Waals surface area contributed by atoms with E-state index in [4.69, 9.17) is 10.6 Å². The average Bonchev–Trinajstić information content (AvgIpc) is 2.82. The third kappa shape index (κ3) is 2.94. The highest BCUT2D eigenvalue weighted by Gasteiger charge is 2.17. The van der Waals surface area contributed by atoms with Crippen molar-refractivity contribution in [2.75, 3.05) is 13.2 Å². The zero-order valence-corrected chi connectivity index (χ0v) is 11.9. The van der Waals surface area contributed by atoms with Gasteiger partial charge in [0.1, 0.15) is 5.75 Å². The molecule has 1 aliphatic heterocycles. The van der Waals surface area contributed by atoms with Crippen molar-refractivity contribution in [3.8, 4) is 5.75 Å². The van der Waals surface area contributed by atoms with E-state index in [1.165, 1.54) is 5.56 Å². The molecule has 98 valence electrons. The number of aliphatic imine (C=N–C) groups is 1. The van der Waals surface area contributed by atoms with Gasteiger partial charge in [-0.2, -0.15) is 0 Å².